The monoisotopic (exact) mass is 546 g/mol. The van der Waals surface area contributed by atoms with Gasteiger partial charge >= 0.3 is 12.1 Å². The number of anilines is 1. The average molecular weight is 547 g/mol. The summed E-state index contributed by atoms with van der Waals surface area (Å²) in [6, 6.07) is 9.61. The number of allylic oxidation sites excluding steroid dienone is 1. The first-order valence-corrected chi connectivity index (χ1v) is 12.2. The Labute approximate surface area is 228 Å². The number of carbonyl (C=O) groups excluding carboxylic acids is 2. The number of benzene rings is 2. The van der Waals surface area contributed by atoms with E-state index in [0.29, 0.717) is 30.4 Å². The molecule has 1 aromatic heterocycles. The van der Waals surface area contributed by atoms with Gasteiger partial charge < -0.3 is 20.5 Å². The van der Waals surface area contributed by atoms with Gasteiger partial charge in [-0.15, -0.1) is 0 Å². The van der Waals surface area contributed by atoms with Crippen LogP contribution >= 0.6 is 0 Å². The van der Waals surface area contributed by atoms with Crippen LogP contribution in [0.15, 0.2) is 72.6 Å². The molecule has 0 aliphatic heterocycles. The third kappa shape index (κ3) is 8.13. The van der Waals surface area contributed by atoms with Crippen molar-refractivity contribution in [3.05, 3.63) is 95.3 Å². The second-order valence-corrected chi connectivity index (χ2v) is 8.82. The third-order valence-electron chi connectivity index (χ3n) is 5.82. The molecule has 0 radical (unpaired) electrons. The van der Waals surface area contributed by atoms with Gasteiger partial charge in [-0.05, 0) is 54.7 Å². The quantitative estimate of drug-likeness (QED) is 0.317. The zero-order valence-corrected chi connectivity index (χ0v) is 21.0. The minimum absolute atomic E-state index is 0.0894. The van der Waals surface area contributed by atoms with Gasteiger partial charge in [0.25, 0.3) is 0 Å². The molecule has 4 amide bonds. The molecule has 1 aliphatic carbocycles. The fraction of sp³-hybridized carbons (Fsp3) is 0.172. The SMILES string of the molecule is O=C(O)NC1CC=C(C#Cc2cnccc2Oc2ccc(NC(=O)NC(=O)Cc3ccc(F)cc3)cc2F)CC1. The number of urea groups is 1. The smallest absolute Gasteiger partial charge is 0.404 e. The van der Waals surface area contributed by atoms with E-state index in [1.54, 1.807) is 0 Å². The van der Waals surface area contributed by atoms with Crippen molar-refractivity contribution in [2.75, 3.05) is 5.32 Å². The van der Waals surface area contributed by atoms with E-state index in [2.05, 4.69) is 32.8 Å². The fourth-order valence-electron chi connectivity index (χ4n) is 3.87. The van der Waals surface area contributed by atoms with E-state index in [9.17, 15) is 23.2 Å². The molecule has 0 spiro atoms. The maximum absolute atomic E-state index is 14.8. The number of carbonyl (C=O) groups is 3. The average Bonchev–Trinajstić information content (AvgIpc) is 2.91. The predicted molar refractivity (Wildman–Crippen MR) is 142 cm³/mol. The van der Waals surface area contributed by atoms with Crippen LogP contribution in [0, 0.1) is 23.5 Å². The molecular weight excluding hydrogens is 522 g/mol. The van der Waals surface area contributed by atoms with Gasteiger partial charge in [0, 0.05) is 36.3 Å². The Morgan fingerprint density at radius 1 is 1.05 bits per heavy atom. The number of pyridine rings is 1. The lowest BCUT2D eigenvalue weighted by Crippen LogP contribution is -2.35. The van der Waals surface area contributed by atoms with Crippen molar-refractivity contribution in [1.29, 1.82) is 0 Å². The first-order valence-electron chi connectivity index (χ1n) is 12.2. The highest BCUT2D eigenvalue weighted by Crippen LogP contribution is 2.28. The predicted octanol–water partition coefficient (Wildman–Crippen LogP) is 5.14. The molecule has 4 N–H and O–H groups in total. The molecule has 4 rings (SSSR count). The van der Waals surface area contributed by atoms with Crippen molar-refractivity contribution in [3.63, 3.8) is 0 Å². The highest BCUT2D eigenvalue weighted by molar-refractivity contribution is 6.01. The molecule has 0 saturated heterocycles. The molecule has 204 valence electrons. The van der Waals surface area contributed by atoms with Gasteiger partial charge in [0.05, 0.1) is 12.0 Å². The number of rotatable bonds is 6. The van der Waals surface area contributed by atoms with Gasteiger partial charge in [0.1, 0.15) is 11.6 Å². The summed E-state index contributed by atoms with van der Waals surface area (Å²) in [5.41, 5.74) is 1.90. The third-order valence-corrected chi connectivity index (χ3v) is 5.82. The van der Waals surface area contributed by atoms with Gasteiger partial charge in [-0.3, -0.25) is 15.1 Å². The summed E-state index contributed by atoms with van der Waals surface area (Å²) in [7, 11) is 0. The van der Waals surface area contributed by atoms with Crippen molar-refractivity contribution in [1.82, 2.24) is 15.6 Å². The number of nitrogens with zero attached hydrogens (tertiary/aromatic N) is 1. The van der Waals surface area contributed by atoms with Crippen molar-refractivity contribution < 1.29 is 33.0 Å². The Bertz CT molecular complexity index is 1510. The summed E-state index contributed by atoms with van der Waals surface area (Å²) in [5.74, 6) is 4.35. The summed E-state index contributed by atoms with van der Waals surface area (Å²) in [6.07, 6.45) is 5.44. The van der Waals surface area contributed by atoms with E-state index >= 15 is 0 Å². The zero-order valence-electron chi connectivity index (χ0n) is 21.0. The molecule has 1 aliphatic rings. The molecule has 1 heterocycles. The number of aromatic nitrogens is 1. The highest BCUT2D eigenvalue weighted by atomic mass is 19.1. The van der Waals surface area contributed by atoms with Crippen molar-refractivity contribution in [2.24, 2.45) is 0 Å². The number of carboxylic acid groups (broad SMARTS) is 1. The van der Waals surface area contributed by atoms with Gasteiger partial charge in [-0.25, -0.2) is 18.4 Å². The molecule has 0 saturated carbocycles. The second-order valence-electron chi connectivity index (χ2n) is 8.82. The van der Waals surface area contributed by atoms with Gasteiger partial charge in [0.15, 0.2) is 11.6 Å². The Balaban J connectivity index is 1.35. The first kappa shape index (κ1) is 27.8. The van der Waals surface area contributed by atoms with Crippen LogP contribution in [0.3, 0.4) is 0 Å². The summed E-state index contributed by atoms with van der Waals surface area (Å²) in [6.45, 7) is 0. The van der Waals surface area contributed by atoms with Crippen LogP contribution in [0.1, 0.15) is 30.4 Å². The lowest BCUT2D eigenvalue weighted by atomic mass is 9.95. The van der Waals surface area contributed by atoms with Crippen LogP contribution in [0.25, 0.3) is 0 Å². The number of hydrogen-bond donors (Lipinski definition) is 4. The van der Waals surface area contributed by atoms with Crippen molar-refractivity contribution >= 4 is 23.7 Å². The Kier molecular flexibility index (Phi) is 9.04. The standard InChI is InChI=1S/C29H24F2N4O5/c30-21-7-2-19(3-8-21)15-27(36)35-28(37)33-23-11-12-26(24(31)16-23)40-25-13-14-32-17-20(25)6-1-18-4-9-22(10-5-18)34-29(38)39/h2-4,7-8,11-14,16-17,22,34H,5,9-10,15H2,(H,38,39)(H2,33,35,36,37). The Morgan fingerprint density at radius 3 is 2.55 bits per heavy atom. The van der Waals surface area contributed by atoms with Crippen molar-refractivity contribution in [3.8, 4) is 23.3 Å². The summed E-state index contributed by atoms with van der Waals surface area (Å²) >= 11 is 0. The molecule has 11 heteroatoms. The van der Waals surface area contributed by atoms with Crippen LogP contribution in [0.2, 0.25) is 0 Å². The minimum atomic E-state index is -1.06. The molecule has 9 nitrogen and oxygen atoms in total. The molecule has 40 heavy (non-hydrogen) atoms. The summed E-state index contributed by atoms with van der Waals surface area (Å²) < 4.78 is 33.5. The van der Waals surface area contributed by atoms with E-state index in [1.807, 2.05) is 6.08 Å². The maximum atomic E-state index is 14.8. The van der Waals surface area contributed by atoms with Crippen LogP contribution in [-0.2, 0) is 11.2 Å². The number of amides is 4. The van der Waals surface area contributed by atoms with E-state index in [-0.39, 0.29) is 29.6 Å². The zero-order chi connectivity index (χ0) is 28.5. The van der Waals surface area contributed by atoms with Crippen molar-refractivity contribution in [2.45, 2.75) is 31.7 Å². The minimum Gasteiger partial charge on any atom is -0.465 e. The summed E-state index contributed by atoms with van der Waals surface area (Å²) in [5, 5.41) is 15.8. The van der Waals surface area contributed by atoms with Crippen LogP contribution in [-0.4, -0.2) is 34.2 Å². The Morgan fingerprint density at radius 2 is 1.85 bits per heavy atom. The van der Waals surface area contributed by atoms with Gasteiger partial charge in [-0.2, -0.15) is 0 Å². The van der Waals surface area contributed by atoms with E-state index in [1.165, 1.54) is 54.9 Å². The van der Waals surface area contributed by atoms with Crippen LogP contribution in [0.4, 0.5) is 24.1 Å². The molecule has 2 aromatic carbocycles. The highest BCUT2D eigenvalue weighted by Gasteiger charge is 2.16. The molecule has 1 unspecified atom stereocenters. The lowest BCUT2D eigenvalue weighted by molar-refractivity contribution is -0.119. The lowest BCUT2D eigenvalue weighted by Gasteiger charge is -2.19. The molecule has 0 fully saturated rings. The fourth-order valence-corrected chi connectivity index (χ4v) is 3.87. The number of ether oxygens (including phenoxy) is 1. The van der Waals surface area contributed by atoms with Crippen LogP contribution in [0.5, 0.6) is 11.5 Å². The Hall–Kier alpha value is -5.24. The number of hydrogen-bond acceptors (Lipinski definition) is 5. The first-order chi connectivity index (χ1) is 19.2. The molecule has 3 aromatic rings. The number of nitrogens with one attached hydrogen (secondary N) is 3. The summed E-state index contributed by atoms with van der Waals surface area (Å²) in [4.78, 5) is 39.0. The molecule has 1 atom stereocenters. The second kappa shape index (κ2) is 13.0. The number of imide groups is 1. The van der Waals surface area contributed by atoms with E-state index in [4.69, 9.17) is 9.84 Å². The topological polar surface area (TPSA) is 130 Å². The number of halogens is 2. The van der Waals surface area contributed by atoms with Gasteiger partial charge in [0.2, 0.25) is 5.91 Å². The van der Waals surface area contributed by atoms with Crippen LogP contribution < -0.4 is 20.7 Å². The maximum Gasteiger partial charge on any atom is 0.404 e. The van der Waals surface area contributed by atoms with E-state index < -0.39 is 29.7 Å². The normalized spacial score (nSPS) is 14.2. The largest absolute Gasteiger partial charge is 0.465 e. The molecular formula is C29H24F2N4O5. The van der Waals surface area contributed by atoms with Gasteiger partial charge in [-0.1, -0.05) is 30.0 Å². The van der Waals surface area contributed by atoms with E-state index in [0.717, 1.165) is 11.6 Å². The molecule has 0 bridgehead atoms.